The molecule has 1 amide bonds. The maximum atomic E-state index is 13.8. The summed E-state index contributed by atoms with van der Waals surface area (Å²) in [6.07, 6.45) is 3.20. The van der Waals surface area contributed by atoms with Crippen molar-refractivity contribution in [3.05, 3.63) is 66.1 Å². The first-order valence-electron chi connectivity index (χ1n) is 12.4. The molecule has 3 heterocycles. The summed E-state index contributed by atoms with van der Waals surface area (Å²) < 4.78 is 50.3. The SMILES string of the molecule is COc1ccc(OC)c2sc(N(Cc3ccco3)C(=O)c3ccc(S(=O)(=O)N(C)CC4CCCO4)cc3)nc12. The molecular formula is C27H29N3O7S2. The Morgan fingerprint density at radius 2 is 1.85 bits per heavy atom. The number of furan rings is 1. The molecular weight excluding hydrogens is 542 g/mol. The molecule has 1 fully saturated rings. The van der Waals surface area contributed by atoms with Crippen molar-refractivity contribution in [2.45, 2.75) is 30.4 Å². The molecule has 1 atom stereocenters. The predicted octanol–water partition coefficient (Wildman–Crippen LogP) is 4.55. The van der Waals surface area contributed by atoms with E-state index >= 15 is 0 Å². The van der Waals surface area contributed by atoms with Gasteiger partial charge in [0.15, 0.2) is 5.13 Å². The average molecular weight is 572 g/mol. The van der Waals surface area contributed by atoms with Crippen LogP contribution in [0.2, 0.25) is 0 Å². The number of sulfonamides is 1. The number of aromatic nitrogens is 1. The van der Waals surface area contributed by atoms with Gasteiger partial charge in [-0.1, -0.05) is 11.3 Å². The lowest BCUT2D eigenvalue weighted by Crippen LogP contribution is -2.34. The van der Waals surface area contributed by atoms with E-state index < -0.39 is 10.0 Å². The van der Waals surface area contributed by atoms with Crippen molar-refractivity contribution < 1.29 is 31.8 Å². The molecule has 5 rings (SSSR count). The van der Waals surface area contributed by atoms with Crippen LogP contribution in [0, 0.1) is 0 Å². The largest absolute Gasteiger partial charge is 0.495 e. The molecule has 0 aliphatic carbocycles. The minimum absolute atomic E-state index is 0.103. The van der Waals surface area contributed by atoms with Gasteiger partial charge in [0.2, 0.25) is 10.0 Å². The second-order valence-electron chi connectivity index (χ2n) is 9.06. The number of rotatable bonds is 10. The molecule has 0 saturated carbocycles. The monoisotopic (exact) mass is 571 g/mol. The second kappa shape index (κ2) is 11.3. The maximum absolute atomic E-state index is 13.8. The zero-order chi connectivity index (χ0) is 27.6. The fourth-order valence-electron chi connectivity index (χ4n) is 4.45. The number of amides is 1. The number of fused-ring (bicyclic) bond motifs is 1. The highest BCUT2D eigenvalue weighted by atomic mass is 32.2. The quantitative estimate of drug-likeness (QED) is 0.273. The number of likely N-dealkylation sites (N-methyl/N-ethyl adjacent to an activating group) is 1. The highest BCUT2D eigenvalue weighted by Crippen LogP contribution is 2.40. The summed E-state index contributed by atoms with van der Waals surface area (Å²) in [6, 6.07) is 13.0. The predicted molar refractivity (Wildman–Crippen MR) is 147 cm³/mol. The Kier molecular flexibility index (Phi) is 7.89. The van der Waals surface area contributed by atoms with Crippen LogP contribution in [0.25, 0.3) is 10.2 Å². The van der Waals surface area contributed by atoms with Gasteiger partial charge in [-0.2, -0.15) is 4.31 Å². The molecule has 1 unspecified atom stereocenters. The molecule has 0 N–H and O–H groups in total. The van der Waals surface area contributed by atoms with Crippen molar-refractivity contribution in [3.8, 4) is 11.5 Å². The fraction of sp³-hybridized carbons (Fsp3) is 0.333. The van der Waals surface area contributed by atoms with Crippen molar-refractivity contribution in [3.63, 3.8) is 0 Å². The molecule has 10 nitrogen and oxygen atoms in total. The first kappa shape index (κ1) is 27.1. The van der Waals surface area contributed by atoms with Crippen molar-refractivity contribution in [1.82, 2.24) is 9.29 Å². The molecule has 39 heavy (non-hydrogen) atoms. The van der Waals surface area contributed by atoms with Crippen LogP contribution in [0.15, 0.2) is 64.1 Å². The molecule has 2 aromatic carbocycles. The zero-order valence-electron chi connectivity index (χ0n) is 21.8. The molecule has 1 saturated heterocycles. The van der Waals surface area contributed by atoms with Crippen LogP contribution in [0.4, 0.5) is 5.13 Å². The van der Waals surface area contributed by atoms with Gasteiger partial charge in [-0.05, 0) is 61.4 Å². The van der Waals surface area contributed by atoms with E-state index in [1.165, 1.54) is 58.1 Å². The number of nitrogens with zero attached hydrogens (tertiary/aromatic N) is 3. The number of hydrogen-bond acceptors (Lipinski definition) is 9. The third kappa shape index (κ3) is 5.50. The standard InChI is InChI=1S/C27H29N3O7S2/c1-29(16-19-6-4-14-36-19)39(32,33)21-10-8-18(9-11-21)26(31)30(17-20-7-5-15-37-20)27-28-24-22(34-2)12-13-23(35-3)25(24)38-27/h5,7-13,15,19H,4,6,14,16-17H2,1-3H3. The summed E-state index contributed by atoms with van der Waals surface area (Å²) in [5.74, 6) is 1.37. The number of ether oxygens (including phenoxy) is 3. The summed E-state index contributed by atoms with van der Waals surface area (Å²) >= 11 is 1.29. The molecule has 0 bridgehead atoms. The van der Waals surface area contributed by atoms with E-state index in [1.807, 2.05) is 0 Å². The van der Waals surface area contributed by atoms with Gasteiger partial charge in [0.05, 0.1) is 38.0 Å². The van der Waals surface area contributed by atoms with Crippen LogP contribution < -0.4 is 14.4 Å². The number of carbonyl (C=O) groups is 1. The van der Waals surface area contributed by atoms with Gasteiger partial charge >= 0.3 is 0 Å². The highest BCUT2D eigenvalue weighted by Gasteiger charge is 2.28. The summed E-state index contributed by atoms with van der Waals surface area (Å²) in [6.45, 7) is 1.06. The van der Waals surface area contributed by atoms with Gasteiger partial charge in [-0.15, -0.1) is 0 Å². The fourth-order valence-corrected chi connectivity index (χ4v) is 6.73. The Bertz CT molecular complexity index is 1500. The molecule has 12 heteroatoms. The van der Waals surface area contributed by atoms with E-state index in [1.54, 1.807) is 38.5 Å². The smallest absolute Gasteiger partial charge is 0.260 e. The first-order valence-corrected chi connectivity index (χ1v) is 14.6. The van der Waals surface area contributed by atoms with Gasteiger partial charge in [0.1, 0.15) is 27.5 Å². The third-order valence-corrected chi connectivity index (χ3v) is 9.49. The van der Waals surface area contributed by atoms with Gasteiger partial charge in [-0.3, -0.25) is 9.69 Å². The lowest BCUT2D eigenvalue weighted by atomic mass is 10.2. The van der Waals surface area contributed by atoms with Crippen LogP contribution >= 0.6 is 11.3 Å². The minimum Gasteiger partial charge on any atom is -0.495 e. The second-order valence-corrected chi connectivity index (χ2v) is 12.1. The lowest BCUT2D eigenvalue weighted by Gasteiger charge is -2.21. The van der Waals surface area contributed by atoms with Crippen molar-refractivity contribution in [2.75, 3.05) is 39.3 Å². The zero-order valence-corrected chi connectivity index (χ0v) is 23.5. The van der Waals surface area contributed by atoms with Crippen molar-refractivity contribution in [1.29, 1.82) is 0 Å². The Labute approximate surface area is 230 Å². The molecule has 2 aromatic heterocycles. The number of hydrogen-bond donors (Lipinski definition) is 0. The highest BCUT2D eigenvalue weighted by molar-refractivity contribution is 7.89. The first-order chi connectivity index (χ1) is 18.8. The van der Waals surface area contributed by atoms with E-state index in [0.717, 1.165) is 17.5 Å². The minimum atomic E-state index is -3.74. The number of benzene rings is 2. The number of methoxy groups -OCH3 is 2. The third-order valence-electron chi connectivity index (χ3n) is 6.56. The van der Waals surface area contributed by atoms with E-state index in [9.17, 15) is 13.2 Å². The summed E-state index contributed by atoms with van der Waals surface area (Å²) in [5, 5.41) is 0.419. The normalized spacial score (nSPS) is 15.6. The van der Waals surface area contributed by atoms with Gasteiger partial charge in [0.25, 0.3) is 5.91 Å². The van der Waals surface area contributed by atoms with E-state index in [4.69, 9.17) is 23.6 Å². The molecule has 4 aromatic rings. The summed E-state index contributed by atoms with van der Waals surface area (Å²) in [5.41, 5.74) is 0.880. The van der Waals surface area contributed by atoms with E-state index in [2.05, 4.69) is 0 Å². The molecule has 206 valence electrons. The van der Waals surface area contributed by atoms with Crippen LogP contribution in [0.3, 0.4) is 0 Å². The van der Waals surface area contributed by atoms with Gasteiger partial charge < -0.3 is 18.6 Å². The van der Waals surface area contributed by atoms with Crippen molar-refractivity contribution >= 4 is 42.6 Å². The van der Waals surface area contributed by atoms with Gasteiger partial charge in [0, 0.05) is 25.8 Å². The Morgan fingerprint density at radius 1 is 1.10 bits per heavy atom. The van der Waals surface area contributed by atoms with Crippen LogP contribution in [0.1, 0.15) is 29.0 Å². The number of carbonyl (C=O) groups excluding carboxylic acids is 1. The van der Waals surface area contributed by atoms with Crippen LogP contribution in [0.5, 0.6) is 11.5 Å². The summed E-state index contributed by atoms with van der Waals surface area (Å²) in [7, 11) is 0.924. The topological polar surface area (TPSA) is 111 Å². The Hall–Kier alpha value is -3.45. The Balaban J connectivity index is 1.45. The van der Waals surface area contributed by atoms with E-state index in [0.29, 0.717) is 40.1 Å². The maximum Gasteiger partial charge on any atom is 0.260 e. The lowest BCUT2D eigenvalue weighted by molar-refractivity contribution is 0.0978. The van der Waals surface area contributed by atoms with Crippen molar-refractivity contribution in [2.24, 2.45) is 0 Å². The van der Waals surface area contributed by atoms with E-state index in [-0.39, 0.29) is 30.0 Å². The van der Waals surface area contributed by atoms with Crippen LogP contribution in [-0.4, -0.2) is 64.1 Å². The van der Waals surface area contributed by atoms with Gasteiger partial charge in [-0.25, -0.2) is 13.4 Å². The molecule has 0 radical (unpaired) electrons. The molecule has 1 aliphatic rings. The summed E-state index contributed by atoms with van der Waals surface area (Å²) in [4.78, 5) is 20.1. The Morgan fingerprint density at radius 3 is 2.49 bits per heavy atom. The number of thiazole rings is 1. The van der Waals surface area contributed by atoms with Crippen LogP contribution in [-0.2, 0) is 21.3 Å². The molecule has 0 spiro atoms. The average Bonchev–Trinajstić information content (AvgIpc) is 3.73. The molecule has 1 aliphatic heterocycles. The number of anilines is 1.